The van der Waals surface area contributed by atoms with E-state index in [-0.39, 0.29) is 0 Å². The monoisotopic (exact) mass is 236 g/mol. The Kier molecular flexibility index (Phi) is 2.58. The molecule has 4 aliphatic carbocycles. The van der Waals surface area contributed by atoms with E-state index in [0.717, 1.165) is 17.8 Å². The van der Waals surface area contributed by atoms with Gasteiger partial charge in [0.2, 0.25) is 5.96 Å². The lowest BCUT2D eigenvalue weighted by Gasteiger charge is -2.58. The predicted molar refractivity (Wildman–Crippen MR) is 69.0 cm³/mol. The summed E-state index contributed by atoms with van der Waals surface area (Å²) in [7, 11) is 0. The summed E-state index contributed by atoms with van der Waals surface area (Å²) in [4.78, 5) is 4.54. The fourth-order valence-electron chi connectivity index (χ4n) is 5.07. The summed E-state index contributed by atoms with van der Waals surface area (Å²) in [5.74, 6) is 8.58. The van der Waals surface area contributed by atoms with E-state index in [4.69, 9.17) is 11.6 Å². The third-order valence-electron chi connectivity index (χ3n) is 5.45. The first kappa shape index (κ1) is 11.3. The van der Waals surface area contributed by atoms with Gasteiger partial charge in [-0.15, -0.1) is 0 Å². The van der Waals surface area contributed by atoms with E-state index in [1.807, 2.05) is 0 Å². The van der Waals surface area contributed by atoms with E-state index in [9.17, 15) is 0 Å². The maximum absolute atomic E-state index is 5.71. The lowest BCUT2D eigenvalue weighted by molar-refractivity contribution is -0.0633. The SMILES string of the molecule is CC(N=C(N)NN)C12CC3CC(CC(C3)C1)C2. The highest BCUT2D eigenvalue weighted by atomic mass is 15.3. The average molecular weight is 236 g/mol. The minimum Gasteiger partial charge on any atom is -0.369 e. The van der Waals surface area contributed by atoms with Gasteiger partial charge in [-0.1, -0.05) is 0 Å². The number of hydrazine groups is 1. The second-order valence-corrected chi connectivity index (χ2v) is 6.61. The molecule has 1 unspecified atom stereocenters. The van der Waals surface area contributed by atoms with Crippen LogP contribution in [0.1, 0.15) is 45.4 Å². The smallest absolute Gasteiger partial charge is 0.203 e. The summed E-state index contributed by atoms with van der Waals surface area (Å²) < 4.78 is 0. The van der Waals surface area contributed by atoms with Crippen LogP contribution in [0.3, 0.4) is 0 Å². The number of nitrogens with two attached hydrogens (primary N) is 2. The van der Waals surface area contributed by atoms with Crippen molar-refractivity contribution >= 4 is 5.96 Å². The van der Waals surface area contributed by atoms with Gasteiger partial charge in [0.25, 0.3) is 0 Å². The van der Waals surface area contributed by atoms with Crippen molar-refractivity contribution in [3.05, 3.63) is 0 Å². The molecule has 17 heavy (non-hydrogen) atoms. The average Bonchev–Trinajstić information content (AvgIpc) is 2.26. The fourth-order valence-corrected chi connectivity index (χ4v) is 5.07. The van der Waals surface area contributed by atoms with Crippen LogP contribution < -0.4 is 17.0 Å². The third kappa shape index (κ3) is 1.82. The molecular weight excluding hydrogens is 212 g/mol. The zero-order valence-corrected chi connectivity index (χ0v) is 10.7. The summed E-state index contributed by atoms with van der Waals surface area (Å²) in [6.07, 6.45) is 8.51. The molecule has 1 atom stereocenters. The van der Waals surface area contributed by atoms with Crippen molar-refractivity contribution in [1.82, 2.24) is 5.43 Å². The molecule has 4 bridgehead atoms. The Bertz CT molecular complexity index is 301. The molecule has 0 aromatic carbocycles. The number of nitrogens with one attached hydrogen (secondary N) is 1. The molecule has 4 heteroatoms. The molecule has 4 aliphatic rings. The largest absolute Gasteiger partial charge is 0.369 e. The molecule has 0 aromatic rings. The Morgan fingerprint density at radius 3 is 2.06 bits per heavy atom. The van der Waals surface area contributed by atoms with Crippen molar-refractivity contribution < 1.29 is 0 Å². The van der Waals surface area contributed by atoms with E-state index >= 15 is 0 Å². The van der Waals surface area contributed by atoms with Crippen LogP contribution in [0.4, 0.5) is 0 Å². The Morgan fingerprint density at radius 1 is 1.18 bits per heavy atom. The van der Waals surface area contributed by atoms with E-state index in [1.54, 1.807) is 0 Å². The molecule has 0 heterocycles. The molecular formula is C13H24N4. The zero-order chi connectivity index (χ0) is 12.0. The van der Waals surface area contributed by atoms with Crippen molar-refractivity contribution in [3.63, 3.8) is 0 Å². The van der Waals surface area contributed by atoms with Gasteiger partial charge in [0, 0.05) is 0 Å². The minimum atomic E-state index is 0.312. The number of hydrogen-bond donors (Lipinski definition) is 3. The van der Waals surface area contributed by atoms with Crippen LogP contribution in [0.15, 0.2) is 4.99 Å². The first-order valence-electron chi connectivity index (χ1n) is 6.91. The summed E-state index contributed by atoms with van der Waals surface area (Å²) >= 11 is 0. The van der Waals surface area contributed by atoms with Crippen molar-refractivity contribution in [1.29, 1.82) is 0 Å². The van der Waals surface area contributed by atoms with Gasteiger partial charge in [0.1, 0.15) is 0 Å². The molecule has 4 nitrogen and oxygen atoms in total. The minimum absolute atomic E-state index is 0.312. The third-order valence-corrected chi connectivity index (χ3v) is 5.45. The van der Waals surface area contributed by atoms with Gasteiger partial charge < -0.3 is 5.73 Å². The van der Waals surface area contributed by atoms with Gasteiger partial charge in [-0.2, -0.15) is 0 Å². The summed E-state index contributed by atoms with van der Waals surface area (Å²) in [6, 6.07) is 0.312. The van der Waals surface area contributed by atoms with Crippen LogP contribution in [-0.4, -0.2) is 12.0 Å². The highest BCUT2D eigenvalue weighted by molar-refractivity contribution is 5.77. The molecule has 4 fully saturated rings. The van der Waals surface area contributed by atoms with Crippen molar-refractivity contribution in [2.75, 3.05) is 0 Å². The number of rotatable bonds is 2. The number of nitrogens with zero attached hydrogens (tertiary/aromatic N) is 1. The molecule has 0 spiro atoms. The van der Waals surface area contributed by atoms with Crippen molar-refractivity contribution in [2.24, 2.45) is 39.7 Å². The molecule has 0 amide bonds. The van der Waals surface area contributed by atoms with E-state index in [0.29, 0.717) is 17.4 Å². The number of aliphatic imine (C=N–C) groups is 1. The Hall–Kier alpha value is -0.770. The van der Waals surface area contributed by atoms with E-state index in [2.05, 4.69) is 17.3 Å². The van der Waals surface area contributed by atoms with Crippen LogP contribution >= 0.6 is 0 Å². The van der Waals surface area contributed by atoms with Gasteiger partial charge in [-0.25, -0.2) is 10.8 Å². The highest BCUT2D eigenvalue weighted by Gasteiger charge is 2.53. The second kappa shape index (κ2) is 3.87. The first-order valence-corrected chi connectivity index (χ1v) is 6.91. The molecule has 96 valence electrons. The van der Waals surface area contributed by atoms with Crippen LogP contribution in [-0.2, 0) is 0 Å². The summed E-state index contributed by atoms with van der Waals surface area (Å²) in [5, 5.41) is 0. The molecule has 4 rings (SSSR count). The maximum Gasteiger partial charge on any atom is 0.203 e. The van der Waals surface area contributed by atoms with Crippen molar-refractivity contribution in [3.8, 4) is 0 Å². The van der Waals surface area contributed by atoms with Gasteiger partial charge in [-0.05, 0) is 68.6 Å². The molecule has 4 saturated carbocycles. The molecule has 0 aromatic heterocycles. The Balaban J connectivity index is 1.82. The lowest BCUT2D eigenvalue weighted by atomic mass is 9.48. The zero-order valence-electron chi connectivity index (χ0n) is 10.7. The lowest BCUT2D eigenvalue weighted by Crippen LogP contribution is -2.51. The second-order valence-electron chi connectivity index (χ2n) is 6.61. The van der Waals surface area contributed by atoms with Crippen LogP contribution in [0.25, 0.3) is 0 Å². The fraction of sp³-hybridized carbons (Fsp3) is 0.923. The topological polar surface area (TPSA) is 76.4 Å². The Morgan fingerprint density at radius 2 is 1.65 bits per heavy atom. The van der Waals surface area contributed by atoms with Gasteiger partial charge in [0.15, 0.2) is 0 Å². The number of hydrogen-bond acceptors (Lipinski definition) is 2. The quantitative estimate of drug-likeness (QED) is 0.293. The molecule has 0 radical (unpaired) electrons. The van der Waals surface area contributed by atoms with Crippen LogP contribution in [0.2, 0.25) is 0 Å². The summed E-state index contributed by atoms with van der Waals surface area (Å²) in [6.45, 7) is 2.22. The molecule has 0 aliphatic heterocycles. The summed E-state index contributed by atoms with van der Waals surface area (Å²) in [5.41, 5.74) is 8.59. The normalized spacial score (nSPS) is 46.0. The van der Waals surface area contributed by atoms with Crippen LogP contribution in [0, 0.1) is 23.2 Å². The predicted octanol–water partition coefficient (Wildman–Crippen LogP) is 1.37. The van der Waals surface area contributed by atoms with Gasteiger partial charge in [0.05, 0.1) is 6.04 Å². The number of guanidine groups is 1. The van der Waals surface area contributed by atoms with Crippen molar-refractivity contribution in [2.45, 2.75) is 51.5 Å². The maximum atomic E-state index is 5.71. The highest BCUT2D eigenvalue weighted by Crippen LogP contribution is 2.61. The van der Waals surface area contributed by atoms with E-state index in [1.165, 1.54) is 38.5 Å². The van der Waals surface area contributed by atoms with E-state index < -0.39 is 0 Å². The van der Waals surface area contributed by atoms with Gasteiger partial charge >= 0.3 is 0 Å². The van der Waals surface area contributed by atoms with Gasteiger partial charge in [-0.3, -0.25) is 5.43 Å². The first-order chi connectivity index (χ1) is 8.11. The Labute approximate surface area is 103 Å². The standard InChI is InChI=1S/C13H24N4/c1-8(16-12(14)17-15)13-5-9-2-10(6-13)4-11(3-9)7-13/h8-11H,2-7,15H2,1H3,(H3,14,16,17). The molecule has 5 N–H and O–H groups in total. The van der Waals surface area contributed by atoms with Crippen LogP contribution in [0.5, 0.6) is 0 Å². The molecule has 0 saturated heterocycles.